The molecule has 2 N–H and O–H groups in total. The first-order valence-electron chi connectivity index (χ1n) is 6.75. The Bertz CT molecular complexity index is 164. The molecule has 0 radical (unpaired) electrons. The van der Waals surface area contributed by atoms with Crippen LogP contribution in [0.4, 0.5) is 0 Å². The van der Waals surface area contributed by atoms with Crippen molar-refractivity contribution in [1.29, 1.82) is 0 Å². The minimum atomic E-state index is -1.39. The number of nitrogens with one attached hydrogen (secondary N) is 2. The summed E-state index contributed by atoms with van der Waals surface area (Å²) < 4.78 is 0. The summed E-state index contributed by atoms with van der Waals surface area (Å²) in [5, 5.41) is 0. The van der Waals surface area contributed by atoms with Crippen LogP contribution in [0.1, 0.15) is 53.4 Å². The van der Waals surface area contributed by atoms with Crippen LogP contribution in [-0.2, 0) is 0 Å². The average Bonchev–Trinajstić information content (AvgIpc) is 2.57. The molecule has 1 heterocycles. The average molecular weight is 228 g/mol. The van der Waals surface area contributed by atoms with Crippen molar-refractivity contribution < 1.29 is 0 Å². The van der Waals surface area contributed by atoms with Gasteiger partial charge in [-0.15, -0.1) is 0 Å². The quantitative estimate of drug-likeness (QED) is 0.683. The van der Waals surface area contributed by atoms with Crippen LogP contribution in [0.15, 0.2) is 0 Å². The van der Waals surface area contributed by atoms with Crippen LogP contribution in [0, 0.1) is 0 Å². The van der Waals surface area contributed by atoms with E-state index in [0.29, 0.717) is 0 Å². The monoisotopic (exact) mass is 228 g/mol. The highest BCUT2D eigenvalue weighted by Crippen LogP contribution is 2.46. The van der Waals surface area contributed by atoms with Crippen LogP contribution >= 0.6 is 0 Å². The van der Waals surface area contributed by atoms with Gasteiger partial charge >= 0.3 is 0 Å². The van der Waals surface area contributed by atoms with Gasteiger partial charge in [-0.25, -0.2) is 0 Å². The predicted molar refractivity (Wildman–Crippen MR) is 70.4 cm³/mol. The lowest BCUT2D eigenvalue weighted by Gasteiger charge is -2.38. The topological polar surface area (TPSA) is 24.1 Å². The number of hydrogen-bond donors (Lipinski definition) is 2. The van der Waals surface area contributed by atoms with Crippen LogP contribution in [0.5, 0.6) is 0 Å². The molecule has 0 bridgehead atoms. The van der Waals surface area contributed by atoms with Crippen molar-refractivity contribution >= 4 is 8.40 Å². The van der Waals surface area contributed by atoms with E-state index < -0.39 is 8.40 Å². The number of rotatable bonds is 6. The van der Waals surface area contributed by atoms with E-state index in [4.69, 9.17) is 0 Å². The van der Waals surface area contributed by atoms with Crippen LogP contribution in [-0.4, -0.2) is 21.5 Å². The van der Waals surface area contributed by atoms with Crippen molar-refractivity contribution in [1.82, 2.24) is 9.96 Å². The van der Waals surface area contributed by atoms with Gasteiger partial charge in [0.1, 0.15) is 0 Å². The largest absolute Gasteiger partial charge is 0.325 e. The molecule has 90 valence electrons. The van der Waals surface area contributed by atoms with Gasteiger partial charge in [0.15, 0.2) is 0 Å². The van der Waals surface area contributed by atoms with Crippen molar-refractivity contribution in [2.24, 2.45) is 0 Å². The molecule has 1 rings (SSSR count). The summed E-state index contributed by atoms with van der Waals surface area (Å²) in [5.74, 6) is 0. The second-order valence-electron chi connectivity index (χ2n) is 4.72. The SMILES string of the molecule is CCN[Si]1(NCC)C(CC)CCC1CC. The molecule has 1 aliphatic rings. The minimum absolute atomic E-state index is 0.947. The molecule has 0 aromatic heterocycles. The van der Waals surface area contributed by atoms with Crippen molar-refractivity contribution in [2.45, 2.75) is 64.5 Å². The summed E-state index contributed by atoms with van der Waals surface area (Å²) >= 11 is 0. The van der Waals surface area contributed by atoms with Crippen molar-refractivity contribution in [3.05, 3.63) is 0 Å². The molecule has 0 saturated carbocycles. The van der Waals surface area contributed by atoms with E-state index >= 15 is 0 Å². The highest BCUT2D eigenvalue weighted by molar-refractivity contribution is 6.78. The maximum atomic E-state index is 3.89. The molecule has 1 fully saturated rings. The summed E-state index contributed by atoms with van der Waals surface area (Å²) in [6.45, 7) is 11.5. The van der Waals surface area contributed by atoms with Gasteiger partial charge < -0.3 is 9.96 Å². The zero-order chi connectivity index (χ0) is 11.3. The van der Waals surface area contributed by atoms with Gasteiger partial charge in [-0.05, 0) is 24.2 Å². The Morgan fingerprint density at radius 1 is 0.867 bits per heavy atom. The van der Waals surface area contributed by atoms with E-state index in [1.807, 2.05) is 0 Å². The highest BCUT2D eigenvalue weighted by atomic mass is 28.3. The molecule has 3 heteroatoms. The minimum Gasteiger partial charge on any atom is -0.325 e. The molecule has 0 spiro atoms. The zero-order valence-corrected chi connectivity index (χ0v) is 11.9. The summed E-state index contributed by atoms with van der Waals surface area (Å²) in [6, 6.07) is 0. The molecule has 15 heavy (non-hydrogen) atoms. The molecule has 1 aliphatic heterocycles. The summed E-state index contributed by atoms with van der Waals surface area (Å²) in [4.78, 5) is 7.78. The summed E-state index contributed by atoms with van der Waals surface area (Å²) in [6.07, 6.45) is 5.59. The maximum absolute atomic E-state index is 3.89. The Morgan fingerprint density at radius 3 is 1.53 bits per heavy atom. The predicted octanol–water partition coefficient (Wildman–Crippen LogP) is 3.00. The van der Waals surface area contributed by atoms with Crippen LogP contribution in [0.3, 0.4) is 0 Å². The lowest BCUT2D eigenvalue weighted by atomic mass is 10.1. The first-order chi connectivity index (χ1) is 7.25. The Kier molecular flexibility index (Phi) is 5.30. The second kappa shape index (κ2) is 6.02. The van der Waals surface area contributed by atoms with Crippen molar-refractivity contribution in [3.8, 4) is 0 Å². The van der Waals surface area contributed by atoms with E-state index in [0.717, 1.165) is 24.2 Å². The molecule has 1 saturated heterocycles. The number of hydrogen-bond acceptors (Lipinski definition) is 2. The van der Waals surface area contributed by atoms with Gasteiger partial charge in [0.05, 0.1) is 0 Å². The molecule has 0 amide bonds. The van der Waals surface area contributed by atoms with E-state index in [9.17, 15) is 0 Å². The standard InChI is InChI=1S/C12H28N2Si/c1-5-11-9-10-12(6-2)15(11,13-7-3)14-8-4/h11-14H,5-10H2,1-4H3. The summed E-state index contributed by atoms with van der Waals surface area (Å²) in [5.41, 5.74) is 1.89. The van der Waals surface area contributed by atoms with Crippen LogP contribution in [0.25, 0.3) is 0 Å². The normalized spacial score (nSPS) is 29.6. The van der Waals surface area contributed by atoms with Crippen LogP contribution in [0.2, 0.25) is 11.1 Å². The Morgan fingerprint density at radius 2 is 1.27 bits per heavy atom. The van der Waals surface area contributed by atoms with Gasteiger partial charge in [0.2, 0.25) is 8.40 Å². The highest BCUT2D eigenvalue weighted by Gasteiger charge is 2.50. The summed E-state index contributed by atoms with van der Waals surface area (Å²) in [7, 11) is -1.39. The zero-order valence-electron chi connectivity index (χ0n) is 10.9. The van der Waals surface area contributed by atoms with E-state index in [1.165, 1.54) is 25.7 Å². The first-order valence-corrected chi connectivity index (χ1v) is 8.90. The van der Waals surface area contributed by atoms with Gasteiger partial charge in [-0.3, -0.25) is 0 Å². The van der Waals surface area contributed by atoms with Crippen molar-refractivity contribution in [3.63, 3.8) is 0 Å². The third-order valence-corrected chi connectivity index (χ3v) is 9.92. The lowest BCUT2D eigenvalue weighted by molar-refractivity contribution is 0.685. The first kappa shape index (κ1) is 13.2. The molecule has 2 atom stereocenters. The molecule has 0 aliphatic carbocycles. The molecular formula is C12H28N2Si. The Hall–Kier alpha value is 0.137. The van der Waals surface area contributed by atoms with Gasteiger partial charge in [-0.2, -0.15) is 0 Å². The fourth-order valence-electron chi connectivity index (χ4n) is 3.47. The van der Waals surface area contributed by atoms with E-state index in [-0.39, 0.29) is 0 Å². The molecule has 0 aromatic rings. The van der Waals surface area contributed by atoms with Gasteiger partial charge in [0.25, 0.3) is 0 Å². The van der Waals surface area contributed by atoms with E-state index in [1.54, 1.807) is 0 Å². The van der Waals surface area contributed by atoms with E-state index in [2.05, 4.69) is 37.7 Å². The molecule has 2 nitrogen and oxygen atoms in total. The fraction of sp³-hybridized carbons (Fsp3) is 1.00. The van der Waals surface area contributed by atoms with Crippen molar-refractivity contribution in [2.75, 3.05) is 13.1 Å². The van der Waals surface area contributed by atoms with Crippen LogP contribution < -0.4 is 9.96 Å². The fourth-order valence-corrected chi connectivity index (χ4v) is 9.12. The third-order valence-electron chi connectivity index (χ3n) is 4.08. The lowest BCUT2D eigenvalue weighted by Crippen LogP contribution is -2.65. The maximum Gasteiger partial charge on any atom is 0.207 e. The molecule has 0 aromatic carbocycles. The Balaban J connectivity index is 2.84. The Labute approximate surface area is 96.4 Å². The molecule has 2 unspecified atom stereocenters. The third kappa shape index (κ3) is 2.45. The smallest absolute Gasteiger partial charge is 0.207 e. The van der Waals surface area contributed by atoms with Gasteiger partial charge in [-0.1, -0.05) is 53.4 Å². The van der Waals surface area contributed by atoms with Gasteiger partial charge in [0, 0.05) is 0 Å². The molecular weight excluding hydrogens is 200 g/mol. The second-order valence-corrected chi connectivity index (χ2v) is 8.80.